The third kappa shape index (κ3) is 4.21. The largest absolute Gasteiger partial charge is 0.481 e. The molecule has 0 aromatic heterocycles. The maximum Gasteiger partial charge on any atom is 0.425 e. The summed E-state index contributed by atoms with van der Waals surface area (Å²) in [5, 5.41) is 0. The van der Waals surface area contributed by atoms with Crippen molar-refractivity contribution in [2.24, 2.45) is 11.8 Å². The minimum atomic E-state index is -4.27. The first-order valence-corrected chi connectivity index (χ1v) is 8.77. The summed E-state index contributed by atoms with van der Waals surface area (Å²) in [6, 6.07) is 5.71. The van der Waals surface area contributed by atoms with E-state index in [1.807, 2.05) is 12.1 Å². The van der Waals surface area contributed by atoms with Crippen LogP contribution < -0.4 is 4.74 Å². The van der Waals surface area contributed by atoms with Gasteiger partial charge in [-0.2, -0.15) is 13.2 Å². The summed E-state index contributed by atoms with van der Waals surface area (Å²) in [5.41, 5.74) is 2.16. The third-order valence-electron chi connectivity index (χ3n) is 5.41. The van der Waals surface area contributed by atoms with E-state index in [9.17, 15) is 13.2 Å². The number of aryl methyl sites for hydroxylation is 2. The van der Waals surface area contributed by atoms with E-state index in [2.05, 4.69) is 6.92 Å². The molecular weight excluding hydrogens is 301 g/mol. The molecule has 1 aliphatic carbocycles. The zero-order valence-electron chi connectivity index (χ0n) is 13.7. The fourth-order valence-electron chi connectivity index (χ4n) is 3.82. The Kier molecular flexibility index (Phi) is 4.88. The van der Waals surface area contributed by atoms with E-state index in [1.54, 1.807) is 6.07 Å². The Balaban J connectivity index is 1.57. The van der Waals surface area contributed by atoms with E-state index in [1.165, 1.54) is 37.7 Å². The molecule has 0 spiro atoms. The standard InChI is InChI=1S/C19H25F3O/c1-13-2-4-14(5-3-13)6-7-15-8-10-17-16(12-15)9-11-18(23-17)19(20,21)22/h8,10,12-14,18H,2-7,9,11H2,1H3. The first-order chi connectivity index (χ1) is 10.9. The predicted octanol–water partition coefficient (Wildman–Crippen LogP) is 5.70. The van der Waals surface area contributed by atoms with E-state index in [0.29, 0.717) is 12.2 Å². The number of benzene rings is 1. The maximum absolute atomic E-state index is 12.7. The van der Waals surface area contributed by atoms with Crippen molar-refractivity contribution in [3.63, 3.8) is 0 Å². The topological polar surface area (TPSA) is 9.23 Å². The van der Waals surface area contributed by atoms with Gasteiger partial charge in [0.15, 0.2) is 6.10 Å². The van der Waals surface area contributed by atoms with Gasteiger partial charge < -0.3 is 4.74 Å². The summed E-state index contributed by atoms with van der Waals surface area (Å²) in [7, 11) is 0. The minimum Gasteiger partial charge on any atom is -0.481 e. The van der Waals surface area contributed by atoms with Crippen LogP contribution in [0.15, 0.2) is 18.2 Å². The molecule has 1 fully saturated rings. The van der Waals surface area contributed by atoms with Crippen LogP contribution in [0, 0.1) is 11.8 Å². The van der Waals surface area contributed by atoms with Crippen LogP contribution in [0.5, 0.6) is 5.75 Å². The van der Waals surface area contributed by atoms with Gasteiger partial charge in [-0.15, -0.1) is 0 Å². The lowest BCUT2D eigenvalue weighted by molar-refractivity contribution is -0.199. The zero-order valence-corrected chi connectivity index (χ0v) is 13.7. The van der Waals surface area contributed by atoms with Gasteiger partial charge in [-0.05, 0) is 54.7 Å². The first-order valence-electron chi connectivity index (χ1n) is 8.77. The first kappa shape index (κ1) is 16.7. The van der Waals surface area contributed by atoms with Gasteiger partial charge in [0.05, 0.1) is 0 Å². The van der Waals surface area contributed by atoms with Crippen LogP contribution in [0.4, 0.5) is 13.2 Å². The molecule has 1 atom stereocenters. The van der Waals surface area contributed by atoms with Crippen molar-refractivity contribution in [3.05, 3.63) is 29.3 Å². The molecule has 0 radical (unpaired) electrons. The van der Waals surface area contributed by atoms with Gasteiger partial charge in [0.2, 0.25) is 0 Å². The van der Waals surface area contributed by atoms with Crippen LogP contribution in [0.2, 0.25) is 0 Å². The second-order valence-electron chi connectivity index (χ2n) is 7.29. The average Bonchev–Trinajstić information content (AvgIpc) is 2.53. The second kappa shape index (κ2) is 6.74. The Morgan fingerprint density at radius 1 is 1.09 bits per heavy atom. The molecule has 1 heterocycles. The number of ether oxygens (including phenoxy) is 1. The molecule has 1 unspecified atom stereocenters. The van der Waals surface area contributed by atoms with Crippen molar-refractivity contribution in [2.75, 3.05) is 0 Å². The Morgan fingerprint density at radius 3 is 2.52 bits per heavy atom. The van der Waals surface area contributed by atoms with Gasteiger partial charge >= 0.3 is 6.18 Å². The fourth-order valence-corrected chi connectivity index (χ4v) is 3.82. The molecule has 1 saturated carbocycles. The van der Waals surface area contributed by atoms with Crippen LogP contribution in [0.25, 0.3) is 0 Å². The number of rotatable bonds is 3. The van der Waals surface area contributed by atoms with Crippen molar-refractivity contribution in [1.82, 2.24) is 0 Å². The molecule has 1 aliphatic heterocycles. The van der Waals surface area contributed by atoms with Gasteiger partial charge in [-0.1, -0.05) is 44.7 Å². The molecule has 2 aliphatic rings. The highest BCUT2D eigenvalue weighted by Crippen LogP contribution is 2.36. The predicted molar refractivity (Wildman–Crippen MR) is 84.7 cm³/mol. The molecule has 0 bridgehead atoms. The maximum atomic E-state index is 12.7. The lowest BCUT2D eigenvalue weighted by Gasteiger charge is -2.28. The number of halogens is 3. The molecule has 1 nitrogen and oxygen atoms in total. The van der Waals surface area contributed by atoms with Crippen molar-refractivity contribution in [3.8, 4) is 5.75 Å². The summed E-state index contributed by atoms with van der Waals surface area (Å²) in [5.74, 6) is 2.09. The number of hydrogen-bond donors (Lipinski definition) is 0. The zero-order chi connectivity index (χ0) is 16.4. The second-order valence-corrected chi connectivity index (χ2v) is 7.29. The van der Waals surface area contributed by atoms with Crippen molar-refractivity contribution >= 4 is 0 Å². The quantitative estimate of drug-likeness (QED) is 0.692. The SMILES string of the molecule is CC1CCC(CCc2ccc3c(c2)CCC(C(F)(F)F)O3)CC1. The summed E-state index contributed by atoms with van der Waals surface area (Å²) < 4.78 is 43.4. The van der Waals surface area contributed by atoms with Crippen molar-refractivity contribution in [2.45, 2.75) is 70.6 Å². The highest BCUT2D eigenvalue weighted by Gasteiger charge is 2.43. The average molecular weight is 326 g/mol. The molecule has 128 valence electrons. The Labute approximate surface area is 136 Å². The summed E-state index contributed by atoms with van der Waals surface area (Å²) in [4.78, 5) is 0. The highest BCUT2D eigenvalue weighted by molar-refractivity contribution is 5.39. The fraction of sp³-hybridized carbons (Fsp3) is 0.684. The van der Waals surface area contributed by atoms with Crippen LogP contribution in [0.1, 0.15) is 56.6 Å². The number of fused-ring (bicyclic) bond motifs is 1. The van der Waals surface area contributed by atoms with E-state index >= 15 is 0 Å². The van der Waals surface area contributed by atoms with Gasteiger partial charge in [-0.25, -0.2) is 0 Å². The van der Waals surface area contributed by atoms with Crippen LogP contribution in [0.3, 0.4) is 0 Å². The van der Waals surface area contributed by atoms with E-state index < -0.39 is 12.3 Å². The Bertz CT molecular complexity index is 530. The lowest BCUT2D eigenvalue weighted by Crippen LogP contribution is -2.37. The monoisotopic (exact) mass is 326 g/mol. The smallest absolute Gasteiger partial charge is 0.425 e. The van der Waals surface area contributed by atoms with Gasteiger partial charge in [-0.3, -0.25) is 0 Å². The summed E-state index contributed by atoms with van der Waals surface area (Å²) in [6.07, 6.45) is 2.09. The van der Waals surface area contributed by atoms with E-state index in [-0.39, 0.29) is 6.42 Å². The van der Waals surface area contributed by atoms with Crippen molar-refractivity contribution in [1.29, 1.82) is 0 Å². The van der Waals surface area contributed by atoms with Crippen molar-refractivity contribution < 1.29 is 17.9 Å². The van der Waals surface area contributed by atoms with Crippen LogP contribution >= 0.6 is 0 Å². The minimum absolute atomic E-state index is 0.0282. The van der Waals surface area contributed by atoms with Gasteiger partial charge in [0.25, 0.3) is 0 Å². The molecule has 0 N–H and O–H groups in total. The molecule has 1 aromatic carbocycles. The molecule has 0 saturated heterocycles. The molecular formula is C19H25F3O. The third-order valence-corrected chi connectivity index (χ3v) is 5.41. The molecule has 1 aromatic rings. The normalized spacial score (nSPS) is 28.1. The van der Waals surface area contributed by atoms with Gasteiger partial charge in [0, 0.05) is 0 Å². The Morgan fingerprint density at radius 2 is 1.83 bits per heavy atom. The van der Waals surface area contributed by atoms with Crippen LogP contribution in [-0.4, -0.2) is 12.3 Å². The molecule has 3 rings (SSSR count). The summed E-state index contributed by atoms with van der Waals surface area (Å²) in [6.45, 7) is 2.33. The number of hydrogen-bond acceptors (Lipinski definition) is 1. The highest BCUT2D eigenvalue weighted by atomic mass is 19.4. The lowest BCUT2D eigenvalue weighted by atomic mass is 9.80. The molecule has 4 heteroatoms. The Hall–Kier alpha value is -1.19. The molecule has 23 heavy (non-hydrogen) atoms. The number of alkyl halides is 3. The summed E-state index contributed by atoms with van der Waals surface area (Å²) >= 11 is 0. The van der Waals surface area contributed by atoms with Crippen LogP contribution in [-0.2, 0) is 12.8 Å². The van der Waals surface area contributed by atoms with E-state index in [0.717, 1.165) is 23.8 Å². The van der Waals surface area contributed by atoms with Gasteiger partial charge in [0.1, 0.15) is 5.75 Å². The van der Waals surface area contributed by atoms with E-state index in [4.69, 9.17) is 4.74 Å². The molecule has 0 amide bonds.